The van der Waals surface area contributed by atoms with Crippen LogP contribution in [-0.4, -0.2) is 59.0 Å². The predicted octanol–water partition coefficient (Wildman–Crippen LogP) is 5.63. The number of likely N-dealkylation sites (tertiary alicyclic amines) is 1. The Bertz CT molecular complexity index is 1450. The highest BCUT2D eigenvalue weighted by Gasteiger charge is 2.37. The number of nitrogens with one attached hydrogen (secondary N) is 1. The van der Waals surface area contributed by atoms with Crippen LogP contribution in [-0.2, 0) is 14.9 Å². The maximum Gasteiger partial charge on any atom is 0.415 e. The van der Waals surface area contributed by atoms with E-state index < -0.39 is 17.2 Å². The van der Waals surface area contributed by atoms with Gasteiger partial charge in [-0.15, -0.1) is 0 Å². The molecule has 0 radical (unpaired) electrons. The zero-order valence-electron chi connectivity index (χ0n) is 22.4. The number of rotatable bonds is 4. The van der Waals surface area contributed by atoms with Crippen molar-refractivity contribution < 1.29 is 28.2 Å². The molecule has 3 aromatic rings. The lowest BCUT2D eigenvalue weighted by molar-refractivity contribution is -0.136. The number of aromatic amines is 1. The Kier molecular flexibility index (Phi) is 7.16. The van der Waals surface area contributed by atoms with Crippen molar-refractivity contribution in [3.63, 3.8) is 0 Å². The van der Waals surface area contributed by atoms with E-state index in [2.05, 4.69) is 4.98 Å². The zero-order valence-corrected chi connectivity index (χ0v) is 22.4. The van der Waals surface area contributed by atoms with Gasteiger partial charge in [0, 0.05) is 53.8 Å². The van der Waals surface area contributed by atoms with Crippen molar-refractivity contribution in [2.45, 2.75) is 45.4 Å². The number of benzene rings is 2. The average Bonchev–Trinajstić information content (AvgIpc) is 3.25. The molecule has 204 valence electrons. The second-order valence-corrected chi connectivity index (χ2v) is 10.6. The third-order valence-corrected chi connectivity index (χ3v) is 7.23. The van der Waals surface area contributed by atoms with Crippen molar-refractivity contribution in [1.29, 1.82) is 0 Å². The fourth-order valence-corrected chi connectivity index (χ4v) is 5.41. The third-order valence-electron chi connectivity index (χ3n) is 7.23. The van der Waals surface area contributed by atoms with Crippen LogP contribution >= 0.6 is 0 Å². The molecule has 0 aliphatic carbocycles. The molecule has 0 saturated carbocycles. The molecule has 2 amide bonds. The van der Waals surface area contributed by atoms with Gasteiger partial charge in [-0.1, -0.05) is 13.8 Å². The first-order valence-corrected chi connectivity index (χ1v) is 13.3. The van der Waals surface area contributed by atoms with Crippen LogP contribution in [0.5, 0.6) is 5.75 Å². The van der Waals surface area contributed by atoms with Gasteiger partial charge in [0.1, 0.15) is 11.6 Å². The maximum absolute atomic E-state index is 13.5. The second kappa shape index (κ2) is 10.6. The molecule has 1 fully saturated rings. The number of carbonyl (C=O) groups is 3. The Hall–Kier alpha value is -4.14. The van der Waals surface area contributed by atoms with Crippen LogP contribution in [0.2, 0.25) is 0 Å². The van der Waals surface area contributed by atoms with E-state index in [9.17, 15) is 18.8 Å². The first-order chi connectivity index (χ1) is 18.7. The van der Waals surface area contributed by atoms with Crippen LogP contribution in [0.4, 0.5) is 9.18 Å². The van der Waals surface area contributed by atoms with E-state index in [0.29, 0.717) is 35.6 Å². The molecule has 0 bridgehead atoms. The molecular formula is C30H32FN3O5. The number of hydrogen-bond donors (Lipinski definition) is 1. The van der Waals surface area contributed by atoms with E-state index in [-0.39, 0.29) is 30.7 Å². The summed E-state index contributed by atoms with van der Waals surface area (Å²) >= 11 is 0. The molecule has 2 aromatic carbocycles. The molecule has 9 heteroatoms. The topological polar surface area (TPSA) is 91.9 Å². The van der Waals surface area contributed by atoms with Gasteiger partial charge in [0.25, 0.3) is 5.91 Å². The second-order valence-electron chi connectivity index (χ2n) is 10.6. The lowest BCUT2D eigenvalue weighted by atomic mass is 9.81. The molecule has 1 aromatic heterocycles. The van der Waals surface area contributed by atoms with Gasteiger partial charge in [0.2, 0.25) is 0 Å². The predicted molar refractivity (Wildman–Crippen MR) is 145 cm³/mol. The Morgan fingerprint density at radius 2 is 1.74 bits per heavy atom. The molecule has 1 saturated heterocycles. The number of esters is 1. The number of H-pyrrole nitrogens is 1. The number of carbonyl (C=O) groups excluding carboxylic acids is 3. The Balaban J connectivity index is 1.55. The molecule has 0 spiro atoms. The molecule has 39 heavy (non-hydrogen) atoms. The number of amides is 2. The van der Waals surface area contributed by atoms with Gasteiger partial charge in [-0.3, -0.25) is 4.79 Å². The minimum Gasteiger partial charge on any atom is -0.462 e. The summed E-state index contributed by atoms with van der Waals surface area (Å²) in [6.45, 7) is 7.51. The Morgan fingerprint density at radius 3 is 2.44 bits per heavy atom. The van der Waals surface area contributed by atoms with Crippen molar-refractivity contribution in [3.8, 4) is 5.75 Å². The standard InChI is InChI=1S/C30H32FN3O5/c1-4-38-28(36)23-17-34(27(35)19-8-10-20(31)11-9-19)18-30(2,3)25-22-13-12-21(16-24(22)32-26(23)25)39-29(37)33-14-6-5-7-15-33/h8-13,16-17,32H,4-7,14-15,18H2,1-3H3. The summed E-state index contributed by atoms with van der Waals surface area (Å²) in [5.41, 5.74) is 2.01. The highest BCUT2D eigenvalue weighted by Crippen LogP contribution is 2.41. The number of nitrogens with zero attached hydrogens (tertiary/aromatic N) is 2. The van der Waals surface area contributed by atoms with Gasteiger partial charge in [0.05, 0.1) is 17.9 Å². The van der Waals surface area contributed by atoms with Crippen molar-refractivity contribution >= 4 is 34.4 Å². The summed E-state index contributed by atoms with van der Waals surface area (Å²) in [7, 11) is 0. The van der Waals surface area contributed by atoms with Gasteiger partial charge in [-0.05, 0) is 68.1 Å². The molecule has 3 heterocycles. The van der Waals surface area contributed by atoms with Crippen LogP contribution in [0, 0.1) is 5.82 Å². The maximum atomic E-state index is 13.5. The summed E-state index contributed by atoms with van der Waals surface area (Å²) < 4.78 is 24.5. The molecule has 2 aliphatic rings. The monoisotopic (exact) mass is 533 g/mol. The van der Waals surface area contributed by atoms with E-state index in [4.69, 9.17) is 9.47 Å². The van der Waals surface area contributed by atoms with E-state index in [1.807, 2.05) is 19.9 Å². The van der Waals surface area contributed by atoms with Crippen molar-refractivity contribution in [2.75, 3.05) is 26.2 Å². The SMILES string of the molecule is CCOC(=O)C1=CN(C(=O)c2ccc(F)cc2)CC(C)(C)c2c1[nH]c1cc(OC(=O)N3CCCCC3)ccc21. The van der Waals surface area contributed by atoms with Crippen LogP contribution in [0.15, 0.2) is 48.7 Å². The number of hydrogen-bond acceptors (Lipinski definition) is 5. The van der Waals surface area contributed by atoms with E-state index in [0.717, 1.165) is 30.2 Å². The number of halogens is 1. The summed E-state index contributed by atoms with van der Waals surface area (Å²) in [4.78, 5) is 45.8. The van der Waals surface area contributed by atoms with Gasteiger partial charge in [-0.2, -0.15) is 0 Å². The van der Waals surface area contributed by atoms with Crippen molar-refractivity contribution in [3.05, 3.63) is 71.3 Å². The first kappa shape index (κ1) is 26.5. The number of ether oxygens (including phenoxy) is 2. The Labute approximate surface area is 226 Å². The highest BCUT2D eigenvalue weighted by molar-refractivity contribution is 6.18. The third kappa shape index (κ3) is 5.26. The summed E-state index contributed by atoms with van der Waals surface area (Å²) in [6.07, 6.45) is 4.18. The van der Waals surface area contributed by atoms with E-state index >= 15 is 0 Å². The van der Waals surface area contributed by atoms with Gasteiger partial charge < -0.3 is 24.3 Å². The molecular weight excluding hydrogens is 501 g/mol. The van der Waals surface area contributed by atoms with E-state index in [1.54, 1.807) is 24.0 Å². The van der Waals surface area contributed by atoms with E-state index in [1.165, 1.54) is 35.4 Å². The number of fused-ring (bicyclic) bond motifs is 3. The fraction of sp³-hybridized carbons (Fsp3) is 0.367. The lowest BCUT2D eigenvalue weighted by Crippen LogP contribution is -2.37. The van der Waals surface area contributed by atoms with Gasteiger partial charge in [-0.25, -0.2) is 14.0 Å². The summed E-state index contributed by atoms with van der Waals surface area (Å²) in [5, 5.41) is 0.846. The minimum absolute atomic E-state index is 0.164. The van der Waals surface area contributed by atoms with Crippen LogP contribution in [0.1, 0.15) is 61.6 Å². The highest BCUT2D eigenvalue weighted by atomic mass is 19.1. The summed E-state index contributed by atoms with van der Waals surface area (Å²) in [5.74, 6) is -0.960. The fourth-order valence-electron chi connectivity index (χ4n) is 5.41. The van der Waals surface area contributed by atoms with Gasteiger partial charge >= 0.3 is 12.1 Å². The molecule has 8 nitrogen and oxygen atoms in total. The smallest absolute Gasteiger partial charge is 0.415 e. The quantitative estimate of drug-likeness (QED) is 0.439. The minimum atomic E-state index is -0.597. The van der Waals surface area contributed by atoms with Crippen LogP contribution < -0.4 is 4.74 Å². The number of piperidine rings is 1. The van der Waals surface area contributed by atoms with Crippen molar-refractivity contribution in [1.82, 2.24) is 14.8 Å². The average molecular weight is 534 g/mol. The zero-order chi connectivity index (χ0) is 27.7. The lowest BCUT2D eigenvalue weighted by Gasteiger charge is -2.29. The van der Waals surface area contributed by atoms with Crippen LogP contribution in [0.25, 0.3) is 16.5 Å². The van der Waals surface area contributed by atoms with Crippen LogP contribution in [0.3, 0.4) is 0 Å². The Morgan fingerprint density at radius 1 is 1.03 bits per heavy atom. The molecule has 0 unspecified atom stereocenters. The first-order valence-electron chi connectivity index (χ1n) is 13.3. The molecule has 2 aliphatic heterocycles. The molecule has 1 N–H and O–H groups in total. The largest absolute Gasteiger partial charge is 0.462 e. The normalized spacial score (nSPS) is 16.8. The van der Waals surface area contributed by atoms with Gasteiger partial charge in [0.15, 0.2) is 0 Å². The number of aromatic nitrogens is 1. The molecule has 0 atom stereocenters. The summed E-state index contributed by atoms with van der Waals surface area (Å²) in [6, 6.07) is 10.7. The molecule has 5 rings (SSSR count). The van der Waals surface area contributed by atoms with Crippen molar-refractivity contribution in [2.24, 2.45) is 0 Å².